The molecule has 1 aromatic rings. The molecule has 0 spiro atoms. The van der Waals surface area contributed by atoms with Crippen molar-refractivity contribution in [2.45, 2.75) is 76.8 Å². The SMILES string of the molecule is CC(C)c1cc(F)cc(C(C)C)c1CC(=O)NS(=O)(=O)C1(F)C=CC=C(C(C)(C)O)C1. The van der Waals surface area contributed by atoms with Crippen molar-refractivity contribution >= 4 is 15.9 Å². The number of allylic oxidation sites excluding steroid dienone is 2. The van der Waals surface area contributed by atoms with E-state index in [-0.39, 0.29) is 23.8 Å². The van der Waals surface area contributed by atoms with Gasteiger partial charge in [0.25, 0.3) is 15.0 Å². The highest BCUT2D eigenvalue weighted by Gasteiger charge is 2.46. The van der Waals surface area contributed by atoms with Crippen LogP contribution in [0.3, 0.4) is 0 Å². The normalized spacial score (nSPS) is 19.6. The number of halogens is 2. The molecule has 0 heterocycles. The van der Waals surface area contributed by atoms with Crippen molar-refractivity contribution < 1.29 is 27.1 Å². The smallest absolute Gasteiger partial charge is 0.274 e. The Balaban J connectivity index is 2.33. The molecule has 1 atom stereocenters. The number of hydrogen-bond donors (Lipinski definition) is 2. The van der Waals surface area contributed by atoms with E-state index < -0.39 is 38.8 Å². The maximum atomic E-state index is 15.4. The maximum absolute atomic E-state index is 15.4. The number of hydrogen-bond acceptors (Lipinski definition) is 4. The number of rotatable bonds is 7. The number of sulfonamides is 1. The first-order valence-corrected chi connectivity index (χ1v) is 11.7. The summed E-state index contributed by atoms with van der Waals surface area (Å²) in [6.45, 7) is 10.3. The van der Waals surface area contributed by atoms with Crippen LogP contribution in [-0.4, -0.2) is 30.0 Å². The second-order valence-corrected chi connectivity index (χ2v) is 11.0. The van der Waals surface area contributed by atoms with Crippen LogP contribution in [0, 0.1) is 5.82 Å². The van der Waals surface area contributed by atoms with Gasteiger partial charge in [0, 0.05) is 6.42 Å². The van der Waals surface area contributed by atoms with Gasteiger partial charge in [0.2, 0.25) is 5.91 Å². The third kappa shape index (κ3) is 5.60. The molecule has 0 bridgehead atoms. The zero-order chi connectivity index (χ0) is 23.8. The summed E-state index contributed by atoms with van der Waals surface area (Å²) in [5.74, 6) is -1.52. The fourth-order valence-electron chi connectivity index (χ4n) is 3.64. The van der Waals surface area contributed by atoms with Gasteiger partial charge in [0.15, 0.2) is 0 Å². The minimum atomic E-state index is -4.75. The van der Waals surface area contributed by atoms with Gasteiger partial charge in [-0.15, -0.1) is 0 Å². The van der Waals surface area contributed by atoms with Crippen molar-refractivity contribution in [2.75, 3.05) is 0 Å². The molecule has 0 saturated carbocycles. The van der Waals surface area contributed by atoms with Crippen LogP contribution in [0.1, 0.15) is 76.5 Å². The Labute approximate surface area is 183 Å². The zero-order valence-corrected chi connectivity index (χ0v) is 19.6. The molecular weight excluding hydrogens is 424 g/mol. The predicted molar refractivity (Wildman–Crippen MR) is 117 cm³/mol. The second kappa shape index (κ2) is 8.82. The van der Waals surface area contributed by atoms with Crippen molar-refractivity contribution in [3.05, 3.63) is 58.4 Å². The van der Waals surface area contributed by atoms with E-state index in [1.807, 2.05) is 32.4 Å². The first-order valence-electron chi connectivity index (χ1n) is 10.2. The van der Waals surface area contributed by atoms with E-state index in [0.717, 1.165) is 6.08 Å². The summed E-state index contributed by atoms with van der Waals surface area (Å²) >= 11 is 0. The summed E-state index contributed by atoms with van der Waals surface area (Å²) in [6.07, 6.45) is 2.61. The van der Waals surface area contributed by atoms with Crippen LogP contribution in [0.2, 0.25) is 0 Å². The fraction of sp³-hybridized carbons (Fsp3) is 0.522. The van der Waals surface area contributed by atoms with E-state index in [2.05, 4.69) is 0 Å². The molecule has 0 fully saturated rings. The lowest BCUT2D eigenvalue weighted by atomic mass is 9.87. The zero-order valence-electron chi connectivity index (χ0n) is 18.8. The van der Waals surface area contributed by atoms with Crippen LogP contribution >= 0.6 is 0 Å². The van der Waals surface area contributed by atoms with Gasteiger partial charge in [0.1, 0.15) is 5.82 Å². The Kier molecular flexibility index (Phi) is 7.17. The van der Waals surface area contributed by atoms with Gasteiger partial charge in [-0.3, -0.25) is 4.79 Å². The van der Waals surface area contributed by atoms with E-state index in [1.165, 1.54) is 38.1 Å². The van der Waals surface area contributed by atoms with Gasteiger partial charge in [-0.05, 0) is 66.2 Å². The van der Waals surface area contributed by atoms with E-state index in [0.29, 0.717) is 16.7 Å². The topological polar surface area (TPSA) is 83.5 Å². The first-order chi connectivity index (χ1) is 14.1. The number of carbonyl (C=O) groups is 1. The monoisotopic (exact) mass is 455 g/mol. The van der Waals surface area contributed by atoms with Crippen molar-refractivity contribution in [2.24, 2.45) is 0 Å². The number of nitrogens with one attached hydrogen (secondary N) is 1. The summed E-state index contributed by atoms with van der Waals surface area (Å²) in [6, 6.07) is 2.68. The molecule has 0 saturated heterocycles. The predicted octanol–water partition coefficient (Wildman–Crippen LogP) is 4.38. The molecular formula is C23H31F2NO4S. The number of benzene rings is 1. The maximum Gasteiger partial charge on any atom is 0.274 e. The second-order valence-electron chi connectivity index (χ2n) is 9.15. The van der Waals surface area contributed by atoms with Crippen LogP contribution in [0.4, 0.5) is 8.78 Å². The molecule has 0 aliphatic heterocycles. The van der Waals surface area contributed by atoms with Gasteiger partial charge in [0.05, 0.1) is 12.0 Å². The van der Waals surface area contributed by atoms with Crippen molar-refractivity contribution in [3.63, 3.8) is 0 Å². The first kappa shape index (κ1) is 25.2. The number of alkyl halides is 1. The molecule has 31 heavy (non-hydrogen) atoms. The Bertz CT molecular complexity index is 991. The van der Waals surface area contributed by atoms with Gasteiger partial charge < -0.3 is 5.11 Å². The summed E-state index contributed by atoms with van der Waals surface area (Å²) in [5, 5.41) is 7.25. The molecule has 8 heteroatoms. The fourth-order valence-corrected chi connectivity index (χ4v) is 4.78. The number of amides is 1. The third-order valence-electron chi connectivity index (χ3n) is 5.42. The molecule has 1 amide bonds. The van der Waals surface area contributed by atoms with Crippen LogP contribution in [0.25, 0.3) is 0 Å². The minimum Gasteiger partial charge on any atom is -0.386 e. The van der Waals surface area contributed by atoms with E-state index in [9.17, 15) is 22.7 Å². The largest absolute Gasteiger partial charge is 0.386 e. The van der Waals surface area contributed by atoms with E-state index >= 15 is 4.39 Å². The standard InChI is InChI=1S/C23H31F2NO4S/c1-14(2)18-10-17(24)11-19(15(3)4)20(18)12-21(27)26-31(29,30)23(25)9-7-8-16(13-23)22(5,6)28/h7-11,14-15,28H,12-13H2,1-6H3,(H,26,27). The minimum absolute atomic E-state index is 0.0964. The van der Waals surface area contributed by atoms with Gasteiger partial charge in [-0.25, -0.2) is 21.9 Å². The quantitative estimate of drug-likeness (QED) is 0.639. The lowest BCUT2D eigenvalue weighted by Gasteiger charge is -2.31. The molecule has 172 valence electrons. The molecule has 5 nitrogen and oxygen atoms in total. The Morgan fingerprint density at radius 3 is 2.16 bits per heavy atom. The van der Waals surface area contributed by atoms with Gasteiger partial charge in [-0.2, -0.15) is 0 Å². The average Bonchev–Trinajstić information content (AvgIpc) is 2.61. The molecule has 1 aliphatic carbocycles. The molecule has 1 aromatic carbocycles. The van der Waals surface area contributed by atoms with Gasteiger partial charge >= 0.3 is 0 Å². The van der Waals surface area contributed by atoms with Crippen LogP contribution in [0.5, 0.6) is 0 Å². The summed E-state index contributed by atoms with van der Waals surface area (Å²) in [5.41, 5.74) is 0.544. The van der Waals surface area contributed by atoms with Crippen LogP contribution in [0.15, 0.2) is 35.9 Å². The molecule has 1 aliphatic rings. The van der Waals surface area contributed by atoms with Crippen molar-refractivity contribution in [3.8, 4) is 0 Å². The highest BCUT2D eigenvalue weighted by atomic mass is 32.2. The van der Waals surface area contributed by atoms with Crippen molar-refractivity contribution in [1.29, 1.82) is 0 Å². The van der Waals surface area contributed by atoms with Gasteiger partial charge in [-0.1, -0.05) is 39.8 Å². The van der Waals surface area contributed by atoms with Crippen LogP contribution < -0.4 is 4.72 Å². The lowest BCUT2D eigenvalue weighted by Crippen LogP contribution is -2.47. The summed E-state index contributed by atoms with van der Waals surface area (Å²) < 4.78 is 56.8. The lowest BCUT2D eigenvalue weighted by molar-refractivity contribution is -0.118. The molecule has 1 unspecified atom stereocenters. The average molecular weight is 456 g/mol. The Morgan fingerprint density at radius 2 is 1.71 bits per heavy atom. The summed E-state index contributed by atoms with van der Waals surface area (Å²) in [7, 11) is -4.75. The summed E-state index contributed by atoms with van der Waals surface area (Å²) in [4.78, 5) is 12.7. The number of carbonyl (C=O) groups excluding carboxylic acids is 1. The van der Waals surface area contributed by atoms with E-state index in [4.69, 9.17) is 0 Å². The van der Waals surface area contributed by atoms with Crippen LogP contribution in [-0.2, 0) is 21.2 Å². The highest BCUT2D eigenvalue weighted by molar-refractivity contribution is 7.91. The molecule has 0 radical (unpaired) electrons. The molecule has 0 aromatic heterocycles. The van der Waals surface area contributed by atoms with E-state index in [1.54, 1.807) is 0 Å². The third-order valence-corrected chi connectivity index (χ3v) is 7.09. The van der Waals surface area contributed by atoms with Crippen molar-refractivity contribution in [1.82, 2.24) is 4.72 Å². The molecule has 2 rings (SSSR count). The number of aliphatic hydroxyl groups is 1. The molecule has 2 N–H and O–H groups in total. The Hall–Kier alpha value is -2.06. The highest BCUT2D eigenvalue weighted by Crippen LogP contribution is 2.36. The Morgan fingerprint density at radius 1 is 1.19 bits per heavy atom.